The third-order valence-electron chi connectivity index (χ3n) is 20.5. The van der Waals surface area contributed by atoms with Crippen molar-refractivity contribution in [3.05, 3.63) is 177 Å². The van der Waals surface area contributed by atoms with Gasteiger partial charge in [0.25, 0.3) is 0 Å². The van der Waals surface area contributed by atoms with Crippen molar-refractivity contribution in [3.63, 3.8) is 0 Å². The predicted molar refractivity (Wildman–Crippen MR) is 276 cm³/mol. The molecule has 3 fully saturated rings. The van der Waals surface area contributed by atoms with Crippen molar-refractivity contribution < 1.29 is 0 Å². The summed E-state index contributed by atoms with van der Waals surface area (Å²) in [6.07, 6.45) is 19.3. The van der Waals surface area contributed by atoms with E-state index in [0.717, 1.165) is 53.4 Å². The summed E-state index contributed by atoms with van der Waals surface area (Å²) in [5.41, 5.74) is 24.7. The van der Waals surface area contributed by atoms with E-state index in [1.54, 1.807) is 16.7 Å². The van der Waals surface area contributed by atoms with Crippen molar-refractivity contribution in [3.8, 4) is 34.2 Å². The summed E-state index contributed by atoms with van der Waals surface area (Å²) in [5.74, 6) is 4.68. The fraction of sp³-hybridized carbons (Fsp3) is 0.429. The Hall–Kier alpha value is -5.88. The van der Waals surface area contributed by atoms with Crippen molar-refractivity contribution in [1.82, 2.24) is 29.9 Å². The van der Waals surface area contributed by atoms with E-state index >= 15 is 0 Å². The van der Waals surface area contributed by atoms with Gasteiger partial charge < -0.3 is 0 Å². The molecule has 3 saturated carbocycles. The molecule has 6 heteroatoms. The topological polar surface area (TPSA) is 77.3 Å². The van der Waals surface area contributed by atoms with Crippen LogP contribution in [0.15, 0.2) is 110 Å². The number of hydrogen-bond donors (Lipinski definition) is 0. The second kappa shape index (κ2) is 15.3. The van der Waals surface area contributed by atoms with Crippen LogP contribution in [0.1, 0.15) is 163 Å². The van der Waals surface area contributed by atoms with Gasteiger partial charge in [0.2, 0.25) is 0 Å². The van der Waals surface area contributed by atoms with Gasteiger partial charge in [0.05, 0.1) is 34.2 Å². The molecule has 0 radical (unpaired) electrons. The lowest BCUT2D eigenvalue weighted by Crippen LogP contribution is -2.51. The van der Waals surface area contributed by atoms with Gasteiger partial charge in [0, 0.05) is 37.2 Å². The minimum absolute atomic E-state index is 0.219. The Labute approximate surface area is 409 Å². The minimum Gasteiger partial charge on any atom is -0.255 e. The first kappa shape index (κ1) is 43.2. The summed E-state index contributed by atoms with van der Waals surface area (Å²) in [7, 11) is 0. The zero-order valence-electron chi connectivity index (χ0n) is 42.0. The first-order chi connectivity index (χ1) is 33.2. The van der Waals surface area contributed by atoms with Gasteiger partial charge in [-0.05, 0) is 250 Å². The van der Waals surface area contributed by atoms with Crippen LogP contribution in [0.25, 0.3) is 34.2 Å². The largest absolute Gasteiger partial charge is 0.255 e. The van der Waals surface area contributed by atoms with Crippen LogP contribution >= 0.6 is 0 Å². The average molecular weight is 907 g/mol. The molecule has 0 spiro atoms. The Morgan fingerprint density at radius 2 is 0.667 bits per heavy atom. The van der Waals surface area contributed by atoms with Crippen molar-refractivity contribution >= 4 is 0 Å². The maximum atomic E-state index is 5.17. The lowest BCUT2D eigenvalue weighted by Gasteiger charge is -2.61. The third-order valence-corrected chi connectivity index (χ3v) is 20.5. The normalized spacial score (nSPS) is 27.7. The molecule has 348 valence electrons. The van der Waals surface area contributed by atoms with Crippen molar-refractivity contribution in [2.24, 2.45) is 34.0 Å². The highest BCUT2D eigenvalue weighted by molar-refractivity contribution is 5.62. The van der Waals surface area contributed by atoms with E-state index in [-0.39, 0.29) is 16.2 Å². The summed E-state index contributed by atoms with van der Waals surface area (Å²) in [6.45, 7) is 22.7. The SMILES string of the molecule is Cc1c(C[C@H]2c3cnc(-c4ccccn4)cc3[C@@H]3C[C@H]2C3(C)C)c(C)c(C[C@H]2c3cnc(-c4ccccn4)cc3[C@@H]3C[C@H]2C3(C)C)c(C)c1C[C@H]1c2cnc(-c3ccccn3)cc2[C@@H]2C[C@H]1C2(C)C. The van der Waals surface area contributed by atoms with Gasteiger partial charge in [-0.3, -0.25) is 29.9 Å². The molecule has 6 aromatic heterocycles. The van der Waals surface area contributed by atoms with Crippen molar-refractivity contribution in [1.29, 1.82) is 0 Å². The second-order valence-electron chi connectivity index (χ2n) is 24.1. The Balaban J connectivity index is 0.945. The quantitative estimate of drug-likeness (QED) is 0.144. The fourth-order valence-corrected chi connectivity index (χ4v) is 16.1. The number of nitrogens with zero attached hydrogens (tertiary/aromatic N) is 6. The Morgan fingerprint density at radius 3 is 0.913 bits per heavy atom. The Morgan fingerprint density at radius 1 is 0.377 bits per heavy atom. The molecular weight excluding hydrogens is 841 g/mol. The fourth-order valence-electron chi connectivity index (χ4n) is 16.1. The molecule has 9 aliphatic carbocycles. The van der Waals surface area contributed by atoms with E-state index in [2.05, 4.69) is 136 Å². The third kappa shape index (κ3) is 6.28. The molecule has 0 aliphatic heterocycles. The van der Waals surface area contributed by atoms with Crippen LogP contribution in [0.5, 0.6) is 0 Å². The van der Waals surface area contributed by atoms with Gasteiger partial charge in [-0.1, -0.05) is 59.7 Å². The number of benzene rings is 1. The highest BCUT2D eigenvalue weighted by atomic mass is 14.8. The molecule has 7 aromatic rings. The molecule has 16 rings (SSSR count). The van der Waals surface area contributed by atoms with Gasteiger partial charge >= 0.3 is 0 Å². The minimum atomic E-state index is 0.219. The van der Waals surface area contributed by atoms with Crippen LogP contribution < -0.4 is 0 Å². The second-order valence-corrected chi connectivity index (χ2v) is 24.1. The van der Waals surface area contributed by atoms with Crippen LogP contribution in [0.2, 0.25) is 0 Å². The van der Waals surface area contributed by atoms with Gasteiger partial charge in [0.1, 0.15) is 0 Å². The van der Waals surface area contributed by atoms with Gasteiger partial charge in [-0.15, -0.1) is 0 Å². The maximum Gasteiger partial charge on any atom is 0.0889 e. The molecule has 0 saturated heterocycles. The standard InChI is InChI=1S/C63H66N6/c1-34-37(22-40-46-31-67-58(55-16-10-13-19-64-55)25-43(46)52-28-49(40)61(52,4)5)35(2)39(24-42-48-33-69-60(57-18-12-15-21-66-57)27-45(48)54-30-51(42)63(54,8)9)36(3)38(34)23-41-47-32-68-59(56-17-11-14-20-65-56)26-44(47)53-29-50(41)62(53,6)7/h10-21,25-27,31-33,40-42,49-54H,22-24,28-30H2,1-9H3/t40-,41-,42-,49+,50+,51+,52-,53-,54-/m0/s1. The van der Waals surface area contributed by atoms with E-state index in [4.69, 9.17) is 29.9 Å². The predicted octanol–water partition coefficient (Wildman–Crippen LogP) is 14.4. The number of rotatable bonds is 9. The molecule has 0 amide bonds. The summed E-state index contributed by atoms with van der Waals surface area (Å²) >= 11 is 0. The van der Waals surface area contributed by atoms with E-state index < -0.39 is 0 Å². The molecule has 1 aromatic carbocycles. The molecule has 6 nitrogen and oxygen atoms in total. The van der Waals surface area contributed by atoms with Crippen molar-refractivity contribution in [2.75, 3.05) is 0 Å². The zero-order chi connectivity index (χ0) is 47.3. The summed E-state index contributed by atoms with van der Waals surface area (Å²) in [5, 5.41) is 0. The van der Waals surface area contributed by atoms with Crippen LogP contribution in [-0.2, 0) is 19.3 Å². The lowest BCUT2D eigenvalue weighted by atomic mass is 9.43. The van der Waals surface area contributed by atoms with E-state index in [1.807, 2.05) is 36.8 Å². The lowest BCUT2D eigenvalue weighted by molar-refractivity contribution is -0.00653. The Bertz CT molecular complexity index is 2830. The average Bonchev–Trinajstić information content (AvgIpc) is 3.37. The van der Waals surface area contributed by atoms with E-state index in [0.29, 0.717) is 53.3 Å². The van der Waals surface area contributed by atoms with Gasteiger partial charge in [-0.25, -0.2) is 0 Å². The zero-order valence-corrected chi connectivity index (χ0v) is 42.0. The monoisotopic (exact) mass is 907 g/mol. The molecule has 6 bridgehead atoms. The highest BCUT2D eigenvalue weighted by Crippen LogP contribution is 2.70. The molecule has 0 unspecified atom stereocenters. The van der Waals surface area contributed by atoms with Crippen LogP contribution in [0.4, 0.5) is 0 Å². The Kier molecular flexibility index (Phi) is 9.58. The maximum absolute atomic E-state index is 5.17. The molecule has 0 N–H and O–H groups in total. The first-order valence-electron chi connectivity index (χ1n) is 26.1. The highest BCUT2D eigenvalue weighted by Gasteiger charge is 2.59. The smallest absolute Gasteiger partial charge is 0.0889 e. The van der Waals surface area contributed by atoms with E-state index in [9.17, 15) is 0 Å². The number of hydrogen-bond acceptors (Lipinski definition) is 6. The van der Waals surface area contributed by atoms with Crippen LogP contribution in [0, 0.1) is 54.8 Å². The first-order valence-corrected chi connectivity index (χ1v) is 26.1. The molecule has 6 heterocycles. The van der Waals surface area contributed by atoms with Gasteiger partial charge in [0.15, 0.2) is 0 Å². The van der Waals surface area contributed by atoms with E-state index in [1.165, 1.54) is 69.3 Å². The molecule has 69 heavy (non-hydrogen) atoms. The molecule has 9 atom stereocenters. The molecular formula is C63H66N6. The summed E-state index contributed by atoms with van der Waals surface area (Å²) < 4.78 is 0. The van der Waals surface area contributed by atoms with Crippen LogP contribution in [0.3, 0.4) is 0 Å². The van der Waals surface area contributed by atoms with Crippen molar-refractivity contribution in [2.45, 2.75) is 136 Å². The molecule has 9 aliphatic rings. The number of aromatic nitrogens is 6. The number of pyridine rings is 6. The summed E-state index contributed by atoms with van der Waals surface area (Å²) in [6, 6.07) is 25.7. The summed E-state index contributed by atoms with van der Waals surface area (Å²) in [4.78, 5) is 29.7. The van der Waals surface area contributed by atoms with Crippen LogP contribution in [-0.4, -0.2) is 29.9 Å². The van der Waals surface area contributed by atoms with Gasteiger partial charge in [-0.2, -0.15) is 0 Å².